The number of nitrogen functional groups attached to an aromatic ring is 1. The molecule has 2 N–H and O–H groups in total. The zero-order valence-electron chi connectivity index (χ0n) is 24.5. The summed E-state index contributed by atoms with van der Waals surface area (Å²) < 4.78 is 31.4. The number of allylic oxidation sites excluding steroid dienone is 1. The molecule has 3 aromatic rings. The van der Waals surface area contributed by atoms with Crippen molar-refractivity contribution in [2.24, 2.45) is 16.8 Å². The summed E-state index contributed by atoms with van der Waals surface area (Å²) in [6, 6.07) is 2.88. The molecule has 9 nitrogen and oxygen atoms in total. The average Bonchev–Trinajstić information content (AvgIpc) is 3.02. The van der Waals surface area contributed by atoms with Crippen molar-refractivity contribution in [2.75, 3.05) is 36.8 Å². The Balaban J connectivity index is 1.88. The second-order valence-corrected chi connectivity index (χ2v) is 12.3. The average molecular weight is 675 g/mol. The van der Waals surface area contributed by atoms with Gasteiger partial charge in [0.05, 0.1) is 38.7 Å². The van der Waals surface area contributed by atoms with Crippen molar-refractivity contribution in [3.8, 4) is 17.3 Å². The van der Waals surface area contributed by atoms with E-state index in [0.29, 0.717) is 24.2 Å². The van der Waals surface area contributed by atoms with Crippen molar-refractivity contribution in [2.45, 2.75) is 26.8 Å². The summed E-state index contributed by atoms with van der Waals surface area (Å²) in [6.45, 7) is 10.5. The van der Waals surface area contributed by atoms with E-state index in [2.05, 4.69) is 17.6 Å². The lowest BCUT2D eigenvalue weighted by atomic mass is 9.88. The first-order valence-corrected chi connectivity index (χ1v) is 15.2. The summed E-state index contributed by atoms with van der Waals surface area (Å²) in [4.78, 5) is 39.4. The third-order valence-corrected chi connectivity index (χ3v) is 9.13. The van der Waals surface area contributed by atoms with Crippen molar-refractivity contribution >= 4 is 68.8 Å². The lowest BCUT2D eigenvalue weighted by Gasteiger charge is -2.37. The summed E-state index contributed by atoms with van der Waals surface area (Å²) in [5.41, 5.74) is 4.74. The maximum atomic E-state index is 15.6. The van der Waals surface area contributed by atoms with Crippen LogP contribution in [0.3, 0.4) is 0 Å². The van der Waals surface area contributed by atoms with Gasteiger partial charge in [-0.1, -0.05) is 68.2 Å². The number of rotatable bonds is 5. The smallest absolute Gasteiger partial charge is 0.272 e. The Morgan fingerprint density at radius 2 is 1.84 bits per heavy atom. The van der Waals surface area contributed by atoms with Crippen LogP contribution in [-0.4, -0.2) is 52.2 Å². The number of hydrogen-bond donors (Lipinski definition) is 1. The van der Waals surface area contributed by atoms with E-state index in [4.69, 9.17) is 45.5 Å². The van der Waals surface area contributed by atoms with Gasteiger partial charge in [0.25, 0.3) is 5.56 Å². The number of aromatic nitrogens is 2. The predicted octanol–water partition coefficient (Wildman–Crippen LogP) is 6.39. The number of nitrogens with two attached hydrogens (primary N) is 1. The Kier molecular flexibility index (Phi) is 8.95. The van der Waals surface area contributed by atoms with Crippen molar-refractivity contribution in [3.05, 3.63) is 73.6 Å². The molecule has 0 aliphatic carbocycles. The van der Waals surface area contributed by atoms with E-state index in [-0.39, 0.29) is 58.4 Å². The first-order chi connectivity index (χ1) is 21.3. The minimum absolute atomic E-state index is 0.0629. The summed E-state index contributed by atoms with van der Waals surface area (Å²) >= 11 is 19.0. The summed E-state index contributed by atoms with van der Waals surface area (Å²) in [7, 11) is 0. The van der Waals surface area contributed by atoms with E-state index >= 15 is 4.39 Å². The van der Waals surface area contributed by atoms with Crippen molar-refractivity contribution in [1.82, 2.24) is 14.5 Å². The Hall–Kier alpha value is -3.98. The fourth-order valence-electron chi connectivity index (χ4n) is 5.87. The fraction of sp³-hybridized carbons (Fsp3) is 0.323. The van der Waals surface area contributed by atoms with Crippen LogP contribution in [0.4, 0.5) is 20.2 Å². The van der Waals surface area contributed by atoms with Gasteiger partial charge in [-0.3, -0.25) is 19.1 Å². The van der Waals surface area contributed by atoms with Crippen LogP contribution < -0.4 is 16.2 Å². The number of carbonyl (C=O) groups excluding carboxylic acids is 1. The van der Waals surface area contributed by atoms with E-state index in [1.54, 1.807) is 11.1 Å². The zero-order valence-corrected chi connectivity index (χ0v) is 26.8. The number of fused-ring (bicyclic) bond motifs is 1. The molecule has 1 unspecified atom stereocenters. The lowest BCUT2D eigenvalue weighted by molar-refractivity contribution is -0.126. The Morgan fingerprint density at radius 3 is 2.44 bits per heavy atom. The highest BCUT2D eigenvalue weighted by molar-refractivity contribution is 6.39. The number of amides is 1. The van der Waals surface area contributed by atoms with Gasteiger partial charge < -0.3 is 15.5 Å². The summed E-state index contributed by atoms with van der Waals surface area (Å²) in [5, 5.41) is 9.22. The molecule has 2 atom stereocenters. The normalized spacial score (nSPS) is 18.4. The zero-order chi connectivity index (χ0) is 32.9. The molecule has 1 aromatic carbocycles. The lowest BCUT2D eigenvalue weighted by Crippen LogP contribution is -2.49. The monoisotopic (exact) mass is 673 g/mol. The molecule has 0 radical (unpaired) electrons. The van der Waals surface area contributed by atoms with Crippen LogP contribution in [-0.2, 0) is 4.79 Å². The van der Waals surface area contributed by atoms with Crippen LogP contribution in [0, 0.1) is 34.8 Å². The van der Waals surface area contributed by atoms with Gasteiger partial charge in [0.15, 0.2) is 11.6 Å². The number of benzene rings is 1. The summed E-state index contributed by atoms with van der Waals surface area (Å²) in [6.07, 6.45) is 4.73. The first kappa shape index (κ1) is 32.4. The Labute approximate surface area is 272 Å². The second-order valence-electron chi connectivity index (χ2n) is 11.1. The molecule has 0 saturated carbocycles. The molecule has 0 spiro atoms. The maximum absolute atomic E-state index is 15.6. The molecule has 234 valence electrons. The van der Waals surface area contributed by atoms with Crippen molar-refractivity contribution in [1.29, 1.82) is 5.26 Å². The van der Waals surface area contributed by atoms with Gasteiger partial charge in [-0.25, -0.2) is 13.8 Å². The van der Waals surface area contributed by atoms with Gasteiger partial charge in [0.1, 0.15) is 22.3 Å². The third-order valence-electron chi connectivity index (χ3n) is 8.12. The number of nitrogens with zero attached hydrogens (tertiary/aromatic N) is 6. The topological polar surface area (TPSA) is 121 Å². The highest BCUT2D eigenvalue weighted by Crippen LogP contribution is 2.44. The number of halogens is 5. The van der Waals surface area contributed by atoms with Crippen LogP contribution in [0.1, 0.15) is 32.4 Å². The number of carbonyl (C=O) groups is 1. The van der Waals surface area contributed by atoms with E-state index < -0.39 is 44.5 Å². The quantitative estimate of drug-likeness (QED) is 0.145. The number of aliphatic imine (C=N–C) groups is 1. The van der Waals surface area contributed by atoms with Crippen molar-refractivity contribution in [3.63, 3.8) is 0 Å². The van der Waals surface area contributed by atoms with Crippen LogP contribution in [0.5, 0.6) is 0 Å². The summed E-state index contributed by atoms with van der Waals surface area (Å²) in [5.74, 6) is -3.05. The van der Waals surface area contributed by atoms with E-state index in [0.717, 1.165) is 0 Å². The molecular weight excluding hydrogens is 647 g/mol. The van der Waals surface area contributed by atoms with E-state index in [9.17, 15) is 19.2 Å². The molecule has 2 aliphatic heterocycles. The van der Waals surface area contributed by atoms with Gasteiger partial charge in [-0.15, -0.1) is 0 Å². The SMILES string of the molecule is C=CC(=O)N1CCN(c2c(C#N)c(=O)n(C3C(C(C)C)=NC=C[C@H]3C)c3nc(-c4c(F)c(Cl)c(F)c(N)c4Cl)c(Cl)cc23)CC1. The van der Waals surface area contributed by atoms with Gasteiger partial charge in [0.2, 0.25) is 5.91 Å². The minimum Gasteiger partial charge on any atom is -0.395 e. The predicted molar refractivity (Wildman–Crippen MR) is 174 cm³/mol. The number of pyridine rings is 2. The number of anilines is 2. The van der Waals surface area contributed by atoms with Gasteiger partial charge in [0, 0.05) is 49.4 Å². The second kappa shape index (κ2) is 12.4. The Bertz CT molecular complexity index is 1900. The van der Waals surface area contributed by atoms with Gasteiger partial charge in [-0.05, 0) is 18.1 Å². The molecule has 45 heavy (non-hydrogen) atoms. The number of hydrogen-bond acceptors (Lipinski definition) is 7. The van der Waals surface area contributed by atoms with Crippen LogP contribution in [0.15, 0.2) is 40.8 Å². The van der Waals surface area contributed by atoms with Crippen LogP contribution in [0.25, 0.3) is 22.3 Å². The molecule has 0 bridgehead atoms. The molecule has 5 rings (SSSR count). The van der Waals surface area contributed by atoms with E-state index in [1.165, 1.54) is 16.7 Å². The standard InChI is InChI=1S/C31H28Cl3F2N7O2/c1-5-19(44)41-8-10-42(11-9-41)29-16-12-18(32)27(20-21(33)25(38)24(36)22(34)23(20)35)40-30(16)43(31(45)17(29)13-37)28-15(4)6-7-39-26(28)14(2)3/h5-7,12,14-15,28H,1,8-11,38H2,2-4H3/t15-,28?/m1/s1. The molecule has 2 aliphatic rings. The fourth-order valence-corrected chi connectivity index (χ4v) is 6.56. The molecule has 1 fully saturated rings. The van der Waals surface area contributed by atoms with Crippen LogP contribution in [0.2, 0.25) is 15.1 Å². The van der Waals surface area contributed by atoms with Crippen LogP contribution >= 0.6 is 34.8 Å². The largest absolute Gasteiger partial charge is 0.395 e. The van der Waals surface area contributed by atoms with Gasteiger partial charge in [-0.2, -0.15) is 5.26 Å². The molecule has 14 heteroatoms. The number of piperazine rings is 1. The highest BCUT2D eigenvalue weighted by atomic mass is 35.5. The number of nitriles is 1. The molecule has 2 aromatic heterocycles. The minimum atomic E-state index is -1.23. The highest BCUT2D eigenvalue weighted by Gasteiger charge is 2.35. The maximum Gasteiger partial charge on any atom is 0.272 e. The molecule has 4 heterocycles. The molecule has 1 saturated heterocycles. The third kappa shape index (κ3) is 5.35. The van der Waals surface area contributed by atoms with Gasteiger partial charge >= 0.3 is 0 Å². The Morgan fingerprint density at radius 1 is 1.18 bits per heavy atom. The van der Waals surface area contributed by atoms with Crippen molar-refractivity contribution < 1.29 is 13.6 Å². The molecular formula is C31H28Cl3F2N7O2. The molecule has 1 amide bonds. The first-order valence-electron chi connectivity index (χ1n) is 14.0. The van der Waals surface area contributed by atoms with E-state index in [1.807, 2.05) is 31.7 Å².